The molecule has 0 aliphatic carbocycles. The topological polar surface area (TPSA) is 79.2 Å². The van der Waals surface area contributed by atoms with Crippen LogP contribution in [-0.2, 0) is 4.74 Å². The van der Waals surface area contributed by atoms with Gasteiger partial charge in [-0.3, -0.25) is 4.90 Å². The standard InChI is InChI=1S/C23H19F2NO5/c24-15-3-7-17(8-4-15)26-21(14-1-9-18(27)10-2-14)22(31-23(26)29)20(28)13-30-19-11-5-16(25)6-12-19/h1-12,20-22,27-28H,13H2/t20-,21-,22?/m1/s1. The lowest BCUT2D eigenvalue weighted by Gasteiger charge is -2.27. The number of carbonyl (C=O) groups is 1. The molecular formula is C23H19F2NO5. The largest absolute Gasteiger partial charge is 0.508 e. The Hall–Kier alpha value is -3.65. The Labute approximate surface area is 176 Å². The number of anilines is 1. The van der Waals surface area contributed by atoms with Crippen LogP contribution in [0, 0.1) is 11.6 Å². The number of hydrogen-bond donors (Lipinski definition) is 2. The second-order valence-electron chi connectivity index (χ2n) is 7.06. The predicted molar refractivity (Wildman–Crippen MR) is 108 cm³/mol. The van der Waals surface area contributed by atoms with Gasteiger partial charge in [0.15, 0.2) is 6.10 Å². The summed E-state index contributed by atoms with van der Waals surface area (Å²) in [6, 6.07) is 16.0. The van der Waals surface area contributed by atoms with Crippen molar-refractivity contribution < 1.29 is 33.3 Å². The molecule has 0 spiro atoms. The van der Waals surface area contributed by atoms with Gasteiger partial charge in [-0.2, -0.15) is 0 Å². The average Bonchev–Trinajstić information content (AvgIpc) is 3.11. The van der Waals surface area contributed by atoms with Crippen molar-refractivity contribution in [1.29, 1.82) is 0 Å². The number of halogens is 2. The molecule has 2 N–H and O–H groups in total. The zero-order valence-electron chi connectivity index (χ0n) is 16.2. The molecule has 0 radical (unpaired) electrons. The number of ether oxygens (including phenoxy) is 2. The van der Waals surface area contributed by atoms with Gasteiger partial charge in [-0.1, -0.05) is 12.1 Å². The Bertz CT molecular complexity index is 1040. The molecule has 1 aliphatic rings. The highest BCUT2D eigenvalue weighted by atomic mass is 19.1. The highest BCUT2D eigenvalue weighted by Gasteiger charge is 2.47. The van der Waals surface area contributed by atoms with Crippen molar-refractivity contribution in [3.8, 4) is 11.5 Å². The fourth-order valence-corrected chi connectivity index (χ4v) is 3.47. The minimum absolute atomic E-state index is 0.0408. The smallest absolute Gasteiger partial charge is 0.415 e. The van der Waals surface area contributed by atoms with Gasteiger partial charge < -0.3 is 19.7 Å². The van der Waals surface area contributed by atoms with Crippen molar-refractivity contribution in [3.05, 3.63) is 90.0 Å². The minimum atomic E-state index is -1.22. The maximum absolute atomic E-state index is 13.4. The number of cyclic esters (lactones) is 1. The molecule has 1 fully saturated rings. The van der Waals surface area contributed by atoms with E-state index in [9.17, 15) is 23.8 Å². The molecule has 3 aromatic carbocycles. The second-order valence-corrected chi connectivity index (χ2v) is 7.06. The molecule has 1 unspecified atom stereocenters. The van der Waals surface area contributed by atoms with Gasteiger partial charge in [0.1, 0.15) is 41.9 Å². The molecule has 8 heteroatoms. The molecular weight excluding hydrogens is 408 g/mol. The Morgan fingerprint density at radius 1 is 0.935 bits per heavy atom. The molecule has 3 atom stereocenters. The van der Waals surface area contributed by atoms with E-state index >= 15 is 0 Å². The van der Waals surface area contributed by atoms with E-state index in [0.717, 1.165) is 0 Å². The third-order valence-corrected chi connectivity index (χ3v) is 4.98. The van der Waals surface area contributed by atoms with E-state index in [1.54, 1.807) is 12.1 Å². The number of aliphatic hydroxyl groups excluding tert-OH is 1. The van der Waals surface area contributed by atoms with Gasteiger partial charge >= 0.3 is 6.09 Å². The number of hydrogen-bond acceptors (Lipinski definition) is 5. The second kappa shape index (κ2) is 8.61. The van der Waals surface area contributed by atoms with E-state index in [-0.39, 0.29) is 12.4 Å². The predicted octanol–water partition coefficient (Wildman–Crippen LogP) is 4.18. The summed E-state index contributed by atoms with van der Waals surface area (Å²) in [7, 11) is 0. The zero-order valence-corrected chi connectivity index (χ0v) is 16.2. The fourth-order valence-electron chi connectivity index (χ4n) is 3.47. The van der Waals surface area contributed by atoms with Crippen LogP contribution in [-0.4, -0.2) is 35.1 Å². The van der Waals surface area contributed by atoms with Crippen LogP contribution in [0.5, 0.6) is 11.5 Å². The van der Waals surface area contributed by atoms with Crippen LogP contribution in [0.2, 0.25) is 0 Å². The molecule has 1 amide bonds. The van der Waals surface area contributed by atoms with Gasteiger partial charge in [-0.15, -0.1) is 0 Å². The van der Waals surface area contributed by atoms with Crippen LogP contribution < -0.4 is 9.64 Å². The summed E-state index contributed by atoms with van der Waals surface area (Å²) in [5.74, 6) is -0.484. The highest BCUT2D eigenvalue weighted by molar-refractivity contribution is 5.91. The number of phenolic OH excluding ortho intramolecular Hbond substituents is 1. The molecule has 0 saturated carbocycles. The van der Waals surface area contributed by atoms with Crippen molar-refractivity contribution in [2.45, 2.75) is 18.2 Å². The number of amides is 1. The van der Waals surface area contributed by atoms with Crippen LogP contribution >= 0.6 is 0 Å². The van der Waals surface area contributed by atoms with Gasteiger partial charge in [0.25, 0.3) is 0 Å². The lowest BCUT2D eigenvalue weighted by molar-refractivity contribution is -0.00647. The van der Waals surface area contributed by atoms with Crippen LogP contribution in [0.1, 0.15) is 11.6 Å². The molecule has 6 nitrogen and oxygen atoms in total. The van der Waals surface area contributed by atoms with Crippen LogP contribution in [0.25, 0.3) is 0 Å². The molecule has 1 aliphatic heterocycles. The summed E-state index contributed by atoms with van der Waals surface area (Å²) in [6.45, 7) is -0.213. The number of carbonyl (C=O) groups excluding carboxylic acids is 1. The minimum Gasteiger partial charge on any atom is -0.508 e. The van der Waals surface area contributed by atoms with E-state index in [1.807, 2.05) is 0 Å². The van der Waals surface area contributed by atoms with Crippen LogP contribution in [0.4, 0.5) is 19.3 Å². The SMILES string of the molecule is O=C1OC([C@H](O)COc2ccc(F)cc2)[C@@H](c2ccc(O)cc2)N1c1ccc(F)cc1. The molecule has 0 aromatic heterocycles. The lowest BCUT2D eigenvalue weighted by Crippen LogP contribution is -2.38. The first kappa shape index (κ1) is 20.6. The summed E-state index contributed by atoms with van der Waals surface area (Å²) in [4.78, 5) is 14.0. The number of phenols is 1. The van der Waals surface area contributed by atoms with Crippen LogP contribution in [0.15, 0.2) is 72.8 Å². The Balaban J connectivity index is 1.61. The molecule has 1 saturated heterocycles. The lowest BCUT2D eigenvalue weighted by atomic mass is 9.96. The normalized spacial score (nSPS) is 19.2. The van der Waals surface area contributed by atoms with Crippen molar-refractivity contribution in [2.24, 2.45) is 0 Å². The maximum atomic E-state index is 13.4. The van der Waals surface area contributed by atoms with E-state index in [4.69, 9.17) is 9.47 Å². The van der Waals surface area contributed by atoms with Crippen molar-refractivity contribution >= 4 is 11.8 Å². The monoisotopic (exact) mass is 427 g/mol. The summed E-state index contributed by atoms with van der Waals surface area (Å²) in [5.41, 5.74) is 0.984. The first-order valence-electron chi connectivity index (χ1n) is 9.53. The zero-order chi connectivity index (χ0) is 22.0. The summed E-state index contributed by atoms with van der Waals surface area (Å²) in [5, 5.41) is 20.4. The first-order chi connectivity index (χ1) is 14.9. The van der Waals surface area contributed by atoms with Gasteiger partial charge in [-0.05, 0) is 66.2 Å². The maximum Gasteiger partial charge on any atom is 0.415 e. The third-order valence-electron chi connectivity index (χ3n) is 4.98. The van der Waals surface area contributed by atoms with Crippen molar-refractivity contribution in [2.75, 3.05) is 11.5 Å². The highest BCUT2D eigenvalue weighted by Crippen LogP contribution is 2.39. The number of aliphatic hydroxyl groups is 1. The summed E-state index contributed by atoms with van der Waals surface area (Å²) < 4.78 is 37.4. The quantitative estimate of drug-likeness (QED) is 0.617. The van der Waals surface area contributed by atoms with Crippen molar-refractivity contribution in [1.82, 2.24) is 0 Å². The third kappa shape index (κ3) is 4.44. The van der Waals surface area contributed by atoms with Gasteiger partial charge in [0.05, 0.1) is 0 Å². The molecule has 4 rings (SSSR count). The Morgan fingerprint density at radius 3 is 2.13 bits per heavy atom. The fraction of sp³-hybridized carbons (Fsp3) is 0.174. The van der Waals surface area contributed by atoms with Gasteiger partial charge in [0.2, 0.25) is 0 Å². The Kier molecular flexibility index (Phi) is 5.73. The number of rotatable bonds is 6. The molecule has 3 aromatic rings. The van der Waals surface area contributed by atoms with E-state index in [0.29, 0.717) is 17.0 Å². The average molecular weight is 427 g/mol. The van der Waals surface area contributed by atoms with E-state index in [1.165, 1.54) is 65.6 Å². The first-order valence-corrected chi connectivity index (χ1v) is 9.53. The van der Waals surface area contributed by atoms with E-state index < -0.39 is 36.0 Å². The Morgan fingerprint density at radius 2 is 1.52 bits per heavy atom. The summed E-state index contributed by atoms with van der Waals surface area (Å²) >= 11 is 0. The molecule has 0 bridgehead atoms. The number of aromatic hydroxyl groups is 1. The molecule has 160 valence electrons. The van der Waals surface area contributed by atoms with E-state index in [2.05, 4.69) is 0 Å². The molecule has 1 heterocycles. The van der Waals surface area contributed by atoms with Crippen LogP contribution in [0.3, 0.4) is 0 Å². The number of benzene rings is 3. The van der Waals surface area contributed by atoms with Crippen molar-refractivity contribution in [3.63, 3.8) is 0 Å². The van der Waals surface area contributed by atoms with Gasteiger partial charge in [0, 0.05) is 5.69 Å². The summed E-state index contributed by atoms with van der Waals surface area (Å²) in [6.07, 6.45) is -2.95. The number of nitrogens with zero attached hydrogens (tertiary/aromatic N) is 1. The molecule has 31 heavy (non-hydrogen) atoms. The van der Waals surface area contributed by atoms with Gasteiger partial charge in [-0.25, -0.2) is 13.6 Å².